The van der Waals surface area contributed by atoms with Gasteiger partial charge in [0, 0.05) is 35.8 Å². The topological polar surface area (TPSA) is 55.0 Å². The number of rotatable bonds is 1. The molecular weight excluding hydrogens is 243 g/mol. The first-order valence-electron chi connectivity index (χ1n) is 6.53. The van der Waals surface area contributed by atoms with Gasteiger partial charge in [-0.05, 0) is 25.5 Å². The molecule has 1 aromatic rings. The van der Waals surface area contributed by atoms with Crippen LogP contribution in [0.1, 0.15) is 36.9 Å². The molecule has 0 amide bonds. The van der Waals surface area contributed by atoms with Crippen molar-refractivity contribution in [2.24, 2.45) is 0 Å². The Morgan fingerprint density at radius 1 is 1.32 bits per heavy atom. The quantitative estimate of drug-likeness (QED) is 0.843. The molecule has 100 valence electrons. The van der Waals surface area contributed by atoms with E-state index in [1.165, 1.54) is 0 Å². The van der Waals surface area contributed by atoms with E-state index in [-0.39, 0.29) is 5.83 Å². The third kappa shape index (κ3) is 1.99. The fourth-order valence-corrected chi connectivity index (χ4v) is 2.90. The van der Waals surface area contributed by atoms with Gasteiger partial charge in [0.25, 0.3) is 0 Å². The van der Waals surface area contributed by atoms with E-state index in [4.69, 9.17) is 5.73 Å². The predicted octanol–water partition coefficient (Wildman–Crippen LogP) is 2.82. The van der Waals surface area contributed by atoms with Gasteiger partial charge in [-0.1, -0.05) is 6.92 Å². The highest BCUT2D eigenvalue weighted by Gasteiger charge is 2.32. The summed E-state index contributed by atoms with van der Waals surface area (Å²) in [5.41, 5.74) is 8.95. The zero-order chi connectivity index (χ0) is 13.6. The van der Waals surface area contributed by atoms with Crippen molar-refractivity contribution < 1.29 is 4.39 Å². The first kappa shape index (κ1) is 12.1. The summed E-state index contributed by atoms with van der Waals surface area (Å²) in [5, 5.41) is 0. The second-order valence-electron chi connectivity index (χ2n) is 5.19. The highest BCUT2D eigenvalue weighted by atomic mass is 19.1. The van der Waals surface area contributed by atoms with Gasteiger partial charge in [-0.3, -0.25) is 0 Å². The summed E-state index contributed by atoms with van der Waals surface area (Å²) in [5.74, 6) is 1.50. The highest BCUT2D eigenvalue weighted by molar-refractivity contribution is 5.62. The third-order valence-electron chi connectivity index (χ3n) is 3.76. The minimum Gasteiger partial charge on any atom is -0.368 e. The third-order valence-corrected chi connectivity index (χ3v) is 3.76. The lowest BCUT2D eigenvalue weighted by molar-refractivity contribution is 0.577. The minimum atomic E-state index is -0.0606. The van der Waals surface area contributed by atoms with Crippen molar-refractivity contribution in [1.29, 1.82) is 0 Å². The summed E-state index contributed by atoms with van der Waals surface area (Å²) >= 11 is 0. The molecule has 19 heavy (non-hydrogen) atoms. The molecule has 1 aliphatic heterocycles. The van der Waals surface area contributed by atoms with Crippen LogP contribution < -0.4 is 10.6 Å². The number of fused-ring (bicyclic) bond motifs is 1. The molecule has 2 heterocycles. The van der Waals surface area contributed by atoms with Crippen molar-refractivity contribution in [2.45, 2.75) is 32.6 Å². The molecular formula is C14H17FN4. The van der Waals surface area contributed by atoms with Gasteiger partial charge < -0.3 is 10.6 Å². The van der Waals surface area contributed by atoms with Crippen LogP contribution >= 0.6 is 0 Å². The predicted molar refractivity (Wildman–Crippen MR) is 73.5 cm³/mol. The number of nitrogen functional groups attached to an aromatic ring is 1. The number of nitrogens with zero attached hydrogens (tertiary/aromatic N) is 3. The summed E-state index contributed by atoms with van der Waals surface area (Å²) in [4.78, 5) is 10.8. The summed E-state index contributed by atoms with van der Waals surface area (Å²) in [6.07, 6.45) is 4.55. The van der Waals surface area contributed by atoms with E-state index in [1.54, 1.807) is 6.08 Å². The molecule has 1 aromatic heterocycles. The van der Waals surface area contributed by atoms with E-state index in [0.717, 1.165) is 29.3 Å². The van der Waals surface area contributed by atoms with Crippen LogP contribution in [0.2, 0.25) is 0 Å². The van der Waals surface area contributed by atoms with Crippen LogP contribution in [0.5, 0.6) is 0 Å². The normalized spacial score (nSPS) is 22.1. The van der Waals surface area contributed by atoms with Crippen LogP contribution in [-0.4, -0.2) is 16.5 Å². The van der Waals surface area contributed by atoms with E-state index < -0.39 is 0 Å². The summed E-state index contributed by atoms with van der Waals surface area (Å²) in [6, 6.07) is 0. The molecule has 0 bridgehead atoms. The molecule has 0 spiro atoms. The Kier molecular flexibility index (Phi) is 2.77. The van der Waals surface area contributed by atoms with Crippen molar-refractivity contribution in [3.8, 4) is 0 Å². The Labute approximate surface area is 111 Å². The van der Waals surface area contributed by atoms with Crippen molar-refractivity contribution in [2.75, 3.05) is 17.2 Å². The minimum absolute atomic E-state index is 0.0606. The van der Waals surface area contributed by atoms with E-state index in [0.29, 0.717) is 24.7 Å². The molecule has 2 aliphatic rings. The summed E-state index contributed by atoms with van der Waals surface area (Å²) in [7, 11) is 0. The maximum Gasteiger partial charge on any atom is 0.222 e. The summed E-state index contributed by atoms with van der Waals surface area (Å²) in [6.45, 7) is 4.98. The average Bonchev–Trinajstić information content (AvgIpc) is 2.67. The van der Waals surface area contributed by atoms with Crippen molar-refractivity contribution in [3.63, 3.8) is 0 Å². The molecule has 0 saturated heterocycles. The molecule has 4 nitrogen and oxygen atoms in total. The van der Waals surface area contributed by atoms with Crippen LogP contribution in [0, 0.1) is 6.92 Å². The zero-order valence-corrected chi connectivity index (χ0v) is 11.2. The van der Waals surface area contributed by atoms with Crippen molar-refractivity contribution in [1.82, 2.24) is 9.97 Å². The smallest absolute Gasteiger partial charge is 0.222 e. The lowest BCUT2D eigenvalue weighted by Gasteiger charge is -2.23. The van der Waals surface area contributed by atoms with Crippen molar-refractivity contribution >= 4 is 11.8 Å². The fourth-order valence-electron chi connectivity index (χ4n) is 2.90. The largest absolute Gasteiger partial charge is 0.368 e. The number of hydrogen-bond acceptors (Lipinski definition) is 4. The molecule has 1 atom stereocenters. The van der Waals surface area contributed by atoms with E-state index in [9.17, 15) is 4.39 Å². The number of hydrogen-bond donors (Lipinski definition) is 1. The van der Waals surface area contributed by atoms with Gasteiger partial charge in [0.2, 0.25) is 5.95 Å². The Balaban J connectivity index is 2.05. The van der Waals surface area contributed by atoms with Crippen LogP contribution in [0.15, 0.2) is 23.7 Å². The number of halogens is 1. The van der Waals surface area contributed by atoms with Gasteiger partial charge in [0.15, 0.2) is 0 Å². The Hall–Kier alpha value is -1.91. The molecule has 0 radical (unpaired) electrons. The Bertz CT molecular complexity index is 591. The average molecular weight is 260 g/mol. The second-order valence-corrected chi connectivity index (χ2v) is 5.19. The summed E-state index contributed by atoms with van der Waals surface area (Å²) < 4.78 is 13.1. The van der Waals surface area contributed by atoms with Crippen molar-refractivity contribution in [3.05, 3.63) is 34.9 Å². The van der Waals surface area contributed by atoms with Crippen LogP contribution in [0.25, 0.3) is 0 Å². The lowest BCUT2D eigenvalue weighted by atomic mass is 10.0. The highest BCUT2D eigenvalue weighted by Crippen LogP contribution is 2.40. The second kappa shape index (κ2) is 4.33. The van der Waals surface area contributed by atoms with Gasteiger partial charge in [-0.25, -0.2) is 9.37 Å². The van der Waals surface area contributed by atoms with Crippen LogP contribution in [-0.2, 0) is 0 Å². The van der Waals surface area contributed by atoms with Gasteiger partial charge in [0.1, 0.15) is 11.6 Å². The maximum atomic E-state index is 13.1. The molecule has 0 saturated carbocycles. The van der Waals surface area contributed by atoms with Crippen LogP contribution in [0.3, 0.4) is 0 Å². The molecule has 1 aliphatic carbocycles. The fraction of sp³-hybridized carbons (Fsp3) is 0.429. The Morgan fingerprint density at radius 3 is 2.79 bits per heavy atom. The van der Waals surface area contributed by atoms with E-state index in [2.05, 4.69) is 21.8 Å². The number of allylic oxidation sites excluding steroid dienone is 4. The molecule has 2 N–H and O–H groups in total. The van der Waals surface area contributed by atoms with Crippen LogP contribution in [0.4, 0.5) is 16.2 Å². The van der Waals surface area contributed by atoms with Gasteiger partial charge >= 0.3 is 0 Å². The van der Waals surface area contributed by atoms with Gasteiger partial charge in [-0.2, -0.15) is 4.98 Å². The number of anilines is 2. The Morgan fingerprint density at radius 2 is 2.11 bits per heavy atom. The van der Waals surface area contributed by atoms with Gasteiger partial charge in [-0.15, -0.1) is 0 Å². The first-order valence-corrected chi connectivity index (χ1v) is 6.53. The maximum absolute atomic E-state index is 13.1. The SMILES string of the molecule is Cc1nc(N)nc2c1[C@H](C)CN2C1=CC=C(F)CC1. The number of nitrogens with two attached hydrogens (primary N) is 1. The van der Waals surface area contributed by atoms with Gasteiger partial charge in [0.05, 0.1) is 0 Å². The number of aryl methyl sites for hydroxylation is 1. The molecule has 3 rings (SSSR count). The van der Waals surface area contributed by atoms with E-state index >= 15 is 0 Å². The molecule has 0 aromatic carbocycles. The first-order chi connectivity index (χ1) is 9.06. The molecule has 5 heteroatoms. The zero-order valence-electron chi connectivity index (χ0n) is 11.2. The molecule has 0 fully saturated rings. The number of aromatic nitrogens is 2. The van der Waals surface area contributed by atoms with E-state index in [1.807, 2.05) is 13.0 Å². The lowest BCUT2D eigenvalue weighted by Crippen LogP contribution is -2.22. The standard InChI is InChI=1S/C14H17FN4/c1-8-7-19(11-5-3-10(15)4-6-11)13-12(8)9(2)17-14(16)18-13/h3,5,8H,4,6-7H2,1-2H3,(H2,16,17,18)/t8-/m1/s1. The molecule has 0 unspecified atom stereocenters. The monoisotopic (exact) mass is 260 g/mol.